The Bertz CT molecular complexity index is 1130. The standard InChI is InChI=1S/C15H14N4O2S.C2HF3O2/c1-10-7-18-15(19-10)14-6-11(3-4-17-14)12-5-13(9-16-8-12)22(2,20)21;3-2(4,5)1(6)7/h3-9H,1-2H3,(H,18,19);(H,6,7). The first kappa shape index (κ1) is 22.0. The third-order valence-corrected chi connectivity index (χ3v) is 4.50. The molecule has 0 aliphatic carbocycles. The molecule has 0 bridgehead atoms. The quantitative estimate of drug-likeness (QED) is 0.657. The number of hydrogen-bond donors (Lipinski definition) is 2. The van der Waals surface area contributed by atoms with Gasteiger partial charge in [0.25, 0.3) is 0 Å². The molecule has 0 fully saturated rings. The lowest BCUT2D eigenvalue weighted by Gasteiger charge is -2.05. The number of aromatic nitrogens is 4. The Morgan fingerprint density at radius 3 is 2.28 bits per heavy atom. The van der Waals surface area contributed by atoms with E-state index in [-0.39, 0.29) is 4.90 Å². The highest BCUT2D eigenvalue weighted by atomic mass is 32.2. The Morgan fingerprint density at radius 2 is 1.76 bits per heavy atom. The molecule has 0 saturated heterocycles. The number of halogens is 3. The number of aliphatic carboxylic acids is 1. The van der Waals surface area contributed by atoms with Gasteiger partial charge in [0, 0.05) is 42.3 Å². The molecule has 0 atom stereocenters. The highest BCUT2D eigenvalue weighted by Gasteiger charge is 2.38. The predicted octanol–water partition coefficient (Wildman–Crippen LogP) is 2.88. The Kier molecular flexibility index (Phi) is 6.37. The molecule has 3 rings (SSSR count). The first-order chi connectivity index (χ1) is 13.4. The Balaban J connectivity index is 0.000000370. The van der Waals surface area contributed by atoms with Crippen LogP contribution in [-0.4, -0.2) is 51.9 Å². The van der Waals surface area contributed by atoms with Crippen molar-refractivity contribution in [3.05, 3.63) is 48.7 Å². The fourth-order valence-corrected chi connectivity index (χ4v) is 2.66. The zero-order valence-electron chi connectivity index (χ0n) is 15.1. The molecule has 3 aromatic heterocycles. The maximum atomic E-state index is 11.6. The number of aryl methyl sites for hydroxylation is 1. The molecule has 12 heteroatoms. The van der Waals surface area contributed by atoms with E-state index in [1.807, 2.05) is 19.1 Å². The monoisotopic (exact) mass is 428 g/mol. The lowest BCUT2D eigenvalue weighted by Crippen LogP contribution is -2.21. The van der Waals surface area contributed by atoms with E-state index in [0.717, 1.165) is 23.1 Å². The summed E-state index contributed by atoms with van der Waals surface area (Å²) < 4.78 is 55.0. The molecule has 29 heavy (non-hydrogen) atoms. The Morgan fingerprint density at radius 1 is 1.10 bits per heavy atom. The van der Waals surface area contributed by atoms with Crippen LogP contribution in [0, 0.1) is 6.92 Å². The van der Waals surface area contributed by atoms with E-state index < -0.39 is 22.0 Å². The molecule has 0 spiro atoms. The lowest BCUT2D eigenvalue weighted by molar-refractivity contribution is -0.192. The van der Waals surface area contributed by atoms with E-state index in [2.05, 4.69) is 19.9 Å². The van der Waals surface area contributed by atoms with Gasteiger partial charge in [-0.2, -0.15) is 13.2 Å². The highest BCUT2D eigenvalue weighted by molar-refractivity contribution is 7.90. The number of nitrogens with one attached hydrogen (secondary N) is 1. The van der Waals surface area contributed by atoms with Crippen LogP contribution in [0.5, 0.6) is 0 Å². The summed E-state index contributed by atoms with van der Waals surface area (Å²) in [7, 11) is -3.29. The van der Waals surface area contributed by atoms with Crippen molar-refractivity contribution in [3.8, 4) is 22.6 Å². The van der Waals surface area contributed by atoms with Crippen LogP contribution in [-0.2, 0) is 14.6 Å². The molecule has 8 nitrogen and oxygen atoms in total. The average molecular weight is 428 g/mol. The highest BCUT2D eigenvalue weighted by Crippen LogP contribution is 2.24. The minimum absolute atomic E-state index is 0.192. The second-order valence-electron chi connectivity index (χ2n) is 5.83. The summed E-state index contributed by atoms with van der Waals surface area (Å²) >= 11 is 0. The number of H-pyrrole nitrogens is 1. The van der Waals surface area contributed by atoms with Crippen molar-refractivity contribution >= 4 is 15.8 Å². The SMILES string of the molecule is Cc1cnc(-c2cc(-c3cncc(S(C)(=O)=O)c3)ccn2)[nH]1.O=C(O)C(F)(F)F. The number of alkyl halides is 3. The topological polar surface area (TPSA) is 126 Å². The molecule has 154 valence electrons. The van der Waals surface area contributed by atoms with Crippen molar-refractivity contribution in [3.63, 3.8) is 0 Å². The number of carboxylic acids is 1. The molecule has 0 aromatic carbocycles. The van der Waals surface area contributed by atoms with Gasteiger partial charge in [0.2, 0.25) is 0 Å². The van der Waals surface area contributed by atoms with E-state index >= 15 is 0 Å². The van der Waals surface area contributed by atoms with Crippen LogP contribution in [0.3, 0.4) is 0 Å². The van der Waals surface area contributed by atoms with Crippen LogP contribution >= 0.6 is 0 Å². The maximum Gasteiger partial charge on any atom is 0.490 e. The van der Waals surface area contributed by atoms with Gasteiger partial charge in [-0.25, -0.2) is 18.2 Å². The maximum absolute atomic E-state index is 11.6. The summed E-state index contributed by atoms with van der Waals surface area (Å²) in [6.45, 7) is 1.92. The number of carboxylic acid groups (broad SMARTS) is 1. The molecule has 0 saturated carbocycles. The van der Waals surface area contributed by atoms with Crippen molar-refractivity contribution in [2.75, 3.05) is 6.26 Å². The number of sulfone groups is 1. The third kappa shape index (κ3) is 6.10. The second-order valence-corrected chi connectivity index (χ2v) is 7.84. The van der Waals surface area contributed by atoms with Crippen LogP contribution in [0.4, 0.5) is 13.2 Å². The van der Waals surface area contributed by atoms with E-state index in [4.69, 9.17) is 9.90 Å². The molecule has 0 aliphatic rings. The van der Waals surface area contributed by atoms with Crippen molar-refractivity contribution in [2.24, 2.45) is 0 Å². The van der Waals surface area contributed by atoms with Gasteiger partial charge < -0.3 is 10.1 Å². The third-order valence-electron chi connectivity index (χ3n) is 3.42. The molecule has 2 N–H and O–H groups in total. The summed E-state index contributed by atoms with van der Waals surface area (Å²) in [6, 6.07) is 5.26. The van der Waals surface area contributed by atoms with Crippen LogP contribution < -0.4 is 0 Å². The molecular formula is C17H15F3N4O4S. The number of imidazole rings is 1. The number of aromatic amines is 1. The van der Waals surface area contributed by atoms with Crippen molar-refractivity contribution < 1.29 is 31.5 Å². The van der Waals surface area contributed by atoms with E-state index in [9.17, 15) is 21.6 Å². The minimum Gasteiger partial charge on any atom is -0.475 e. The van der Waals surface area contributed by atoms with Crippen LogP contribution in [0.25, 0.3) is 22.6 Å². The van der Waals surface area contributed by atoms with Gasteiger partial charge in [0.15, 0.2) is 15.7 Å². The van der Waals surface area contributed by atoms with Gasteiger partial charge >= 0.3 is 12.1 Å². The van der Waals surface area contributed by atoms with Crippen molar-refractivity contribution in [1.29, 1.82) is 0 Å². The second kappa shape index (κ2) is 8.39. The molecule has 0 unspecified atom stereocenters. The van der Waals surface area contributed by atoms with Gasteiger partial charge in [0.05, 0.1) is 4.90 Å². The molecular weight excluding hydrogens is 413 g/mol. The molecule has 0 aliphatic heterocycles. The van der Waals surface area contributed by atoms with Gasteiger partial charge in [-0.15, -0.1) is 0 Å². The fraction of sp³-hybridized carbons (Fsp3) is 0.176. The first-order valence-corrected chi connectivity index (χ1v) is 9.70. The van der Waals surface area contributed by atoms with E-state index in [0.29, 0.717) is 11.5 Å². The summed E-state index contributed by atoms with van der Waals surface area (Å²) in [5, 5.41) is 7.12. The van der Waals surface area contributed by atoms with Gasteiger partial charge in [0.1, 0.15) is 5.69 Å². The zero-order valence-corrected chi connectivity index (χ0v) is 15.9. The number of pyridine rings is 2. The first-order valence-electron chi connectivity index (χ1n) is 7.81. The molecule has 0 amide bonds. The van der Waals surface area contributed by atoms with Gasteiger partial charge in [-0.3, -0.25) is 9.97 Å². The largest absolute Gasteiger partial charge is 0.490 e. The minimum atomic E-state index is -5.08. The average Bonchev–Trinajstić information content (AvgIpc) is 3.07. The summed E-state index contributed by atoms with van der Waals surface area (Å²) in [4.78, 5) is 24.8. The molecule has 3 aromatic rings. The number of rotatable bonds is 3. The fourth-order valence-electron chi connectivity index (χ4n) is 2.06. The smallest absolute Gasteiger partial charge is 0.475 e. The normalized spacial score (nSPS) is 11.5. The van der Waals surface area contributed by atoms with Gasteiger partial charge in [-0.1, -0.05) is 0 Å². The van der Waals surface area contributed by atoms with E-state index in [1.54, 1.807) is 24.7 Å². The van der Waals surface area contributed by atoms with Crippen LogP contribution in [0.1, 0.15) is 5.69 Å². The van der Waals surface area contributed by atoms with Crippen LogP contribution in [0.2, 0.25) is 0 Å². The molecule has 0 radical (unpaired) electrons. The summed E-state index contributed by atoms with van der Waals surface area (Å²) in [5.74, 6) is -2.08. The summed E-state index contributed by atoms with van der Waals surface area (Å²) in [6.07, 6.45) is 2.45. The van der Waals surface area contributed by atoms with Gasteiger partial charge in [-0.05, 0) is 30.7 Å². The van der Waals surface area contributed by atoms with Crippen molar-refractivity contribution in [1.82, 2.24) is 19.9 Å². The lowest BCUT2D eigenvalue weighted by atomic mass is 10.1. The Labute approximate surface area is 163 Å². The summed E-state index contributed by atoms with van der Waals surface area (Å²) in [5.41, 5.74) is 3.19. The van der Waals surface area contributed by atoms with E-state index in [1.165, 1.54) is 6.20 Å². The zero-order chi connectivity index (χ0) is 21.8. The van der Waals surface area contributed by atoms with Crippen LogP contribution in [0.15, 0.2) is 47.9 Å². The Hall–Kier alpha value is -3.28. The van der Waals surface area contributed by atoms with Crippen molar-refractivity contribution in [2.45, 2.75) is 18.0 Å². The predicted molar refractivity (Wildman–Crippen MR) is 96.6 cm³/mol. The number of carbonyl (C=O) groups is 1. The number of nitrogens with zero attached hydrogens (tertiary/aromatic N) is 3. The number of hydrogen-bond acceptors (Lipinski definition) is 6. The molecule has 3 heterocycles.